The molecule has 3 aromatic rings. The number of alkyl halides is 3. The zero-order valence-corrected chi connectivity index (χ0v) is 16.9. The van der Waals surface area contributed by atoms with Crippen LogP contribution in [0, 0.1) is 11.3 Å². The van der Waals surface area contributed by atoms with Gasteiger partial charge >= 0.3 is 6.18 Å². The Morgan fingerprint density at radius 3 is 2.30 bits per heavy atom. The molecule has 3 rings (SSSR count). The third kappa shape index (κ3) is 4.49. The lowest BCUT2D eigenvalue weighted by Crippen LogP contribution is -2.13. The van der Waals surface area contributed by atoms with Gasteiger partial charge in [0.2, 0.25) is 0 Å². The third-order valence-electron chi connectivity index (χ3n) is 3.94. The largest absolute Gasteiger partial charge is 0.417 e. The van der Waals surface area contributed by atoms with E-state index in [9.17, 15) is 23.2 Å². The van der Waals surface area contributed by atoms with Crippen LogP contribution in [0.4, 0.5) is 13.2 Å². The van der Waals surface area contributed by atoms with Crippen LogP contribution in [-0.2, 0) is 0 Å². The van der Waals surface area contributed by atoms with Gasteiger partial charge in [0, 0.05) is 5.56 Å². The molecule has 1 heterocycles. The molecule has 152 valence electrons. The van der Waals surface area contributed by atoms with E-state index < -0.39 is 23.1 Å². The molecule has 0 N–H and O–H groups in total. The minimum Gasteiger partial charge on any atom is -0.289 e. The number of aromatic nitrogens is 3. The van der Waals surface area contributed by atoms with Crippen molar-refractivity contribution < 1.29 is 18.0 Å². The van der Waals surface area contributed by atoms with Crippen molar-refractivity contribution in [3.8, 4) is 11.8 Å². The molecule has 1 aromatic heterocycles. The summed E-state index contributed by atoms with van der Waals surface area (Å²) in [5.41, 5.74) is -1.45. The number of allylic oxidation sites excluding steroid dienone is 2. The van der Waals surface area contributed by atoms with Gasteiger partial charge in [-0.2, -0.15) is 23.5 Å². The van der Waals surface area contributed by atoms with Gasteiger partial charge in [-0.3, -0.25) is 4.79 Å². The molecule has 0 aliphatic carbocycles. The molecule has 0 aliphatic heterocycles. The van der Waals surface area contributed by atoms with Crippen molar-refractivity contribution in [3.05, 3.63) is 80.8 Å². The third-order valence-corrected chi connectivity index (χ3v) is 5.14. The molecule has 0 amide bonds. The highest BCUT2D eigenvalue weighted by Gasteiger charge is 2.36. The fourth-order valence-corrected chi connectivity index (χ4v) is 3.16. The van der Waals surface area contributed by atoms with Gasteiger partial charge < -0.3 is 0 Å². The Balaban J connectivity index is 2.07. The second-order valence-corrected chi connectivity index (χ2v) is 7.05. The number of nitrogens with zero attached hydrogens (tertiary/aromatic N) is 4. The summed E-state index contributed by atoms with van der Waals surface area (Å²) in [6, 6.07) is 7.66. The first-order valence-electron chi connectivity index (χ1n) is 7.99. The zero-order valence-electron chi connectivity index (χ0n) is 14.6. The summed E-state index contributed by atoms with van der Waals surface area (Å²) >= 11 is 17.4. The molecule has 0 unspecified atom stereocenters. The first kappa shape index (κ1) is 21.8. The quantitative estimate of drug-likeness (QED) is 0.269. The molecule has 0 saturated carbocycles. The average Bonchev–Trinajstić information content (AvgIpc) is 3.22. The first-order chi connectivity index (χ1) is 14.1. The van der Waals surface area contributed by atoms with E-state index in [-0.39, 0.29) is 26.2 Å². The van der Waals surface area contributed by atoms with Gasteiger partial charge in [0.1, 0.15) is 18.7 Å². The van der Waals surface area contributed by atoms with Crippen LogP contribution in [0.15, 0.2) is 49.1 Å². The Hall–Kier alpha value is -2.86. The molecule has 5 nitrogen and oxygen atoms in total. The lowest BCUT2D eigenvalue weighted by atomic mass is 10.00. The highest BCUT2D eigenvalue weighted by molar-refractivity contribution is 6.48. The van der Waals surface area contributed by atoms with Crippen LogP contribution in [0.25, 0.3) is 11.3 Å². The molecule has 0 radical (unpaired) electrons. The zero-order chi connectivity index (χ0) is 22.1. The number of benzene rings is 2. The van der Waals surface area contributed by atoms with Crippen LogP contribution in [0.2, 0.25) is 15.1 Å². The van der Waals surface area contributed by atoms with Crippen molar-refractivity contribution in [2.75, 3.05) is 0 Å². The minimum absolute atomic E-state index is 0.0332. The molecule has 2 aromatic carbocycles. The van der Waals surface area contributed by atoms with Gasteiger partial charge in [0.15, 0.2) is 5.78 Å². The van der Waals surface area contributed by atoms with Crippen LogP contribution >= 0.6 is 34.8 Å². The standard InChI is InChI=1S/C19H8Cl3F3N4O/c20-14-4-11(5-15(21)18(14)22)13(19(23,24)25)6-17(30)10-1-2-16(12(3-10)7-26)29-9-27-8-28-29/h1-6,8-9H/b13-6-. The number of carbonyl (C=O) groups excluding carboxylic acids is 1. The van der Waals surface area contributed by atoms with Gasteiger partial charge in [-0.05, 0) is 42.0 Å². The fourth-order valence-electron chi connectivity index (χ4n) is 2.57. The summed E-state index contributed by atoms with van der Waals surface area (Å²) in [5.74, 6) is -0.967. The predicted molar refractivity (Wildman–Crippen MR) is 106 cm³/mol. The maximum absolute atomic E-state index is 13.6. The van der Waals surface area contributed by atoms with Crippen molar-refractivity contribution in [1.82, 2.24) is 14.8 Å². The Morgan fingerprint density at radius 2 is 1.77 bits per heavy atom. The van der Waals surface area contributed by atoms with Gasteiger partial charge in [0.05, 0.1) is 31.9 Å². The molecular weight excluding hydrogens is 464 g/mol. The van der Waals surface area contributed by atoms with E-state index in [1.165, 1.54) is 35.5 Å². The van der Waals surface area contributed by atoms with Crippen molar-refractivity contribution >= 4 is 46.2 Å². The maximum Gasteiger partial charge on any atom is 0.417 e. The van der Waals surface area contributed by atoms with E-state index in [0.29, 0.717) is 11.8 Å². The van der Waals surface area contributed by atoms with E-state index >= 15 is 0 Å². The van der Waals surface area contributed by atoms with E-state index in [1.807, 2.05) is 6.07 Å². The Labute approximate surface area is 182 Å². The van der Waals surface area contributed by atoms with Crippen molar-refractivity contribution in [2.24, 2.45) is 0 Å². The van der Waals surface area contributed by atoms with Gasteiger partial charge in [-0.25, -0.2) is 9.67 Å². The lowest BCUT2D eigenvalue weighted by molar-refractivity contribution is -0.0689. The number of hydrogen-bond acceptors (Lipinski definition) is 4. The summed E-state index contributed by atoms with van der Waals surface area (Å²) in [5, 5.41) is 12.7. The molecule has 0 saturated heterocycles. The molecule has 11 heteroatoms. The number of hydrogen-bond donors (Lipinski definition) is 0. The number of halogens is 6. The molecule has 0 bridgehead atoms. The number of nitriles is 1. The second-order valence-electron chi connectivity index (χ2n) is 5.86. The molecule has 0 fully saturated rings. The normalized spacial score (nSPS) is 12.0. The van der Waals surface area contributed by atoms with E-state index in [1.54, 1.807) is 0 Å². The van der Waals surface area contributed by atoms with Crippen LogP contribution in [-0.4, -0.2) is 26.7 Å². The van der Waals surface area contributed by atoms with Crippen molar-refractivity contribution in [1.29, 1.82) is 5.26 Å². The Kier molecular flexibility index (Phi) is 6.17. The second kappa shape index (κ2) is 8.48. The summed E-state index contributed by atoms with van der Waals surface area (Å²) in [6.45, 7) is 0. The topological polar surface area (TPSA) is 71.6 Å². The van der Waals surface area contributed by atoms with E-state index in [2.05, 4.69) is 10.1 Å². The van der Waals surface area contributed by atoms with Crippen LogP contribution in [0.3, 0.4) is 0 Å². The number of rotatable bonds is 4. The van der Waals surface area contributed by atoms with Crippen LogP contribution in [0.1, 0.15) is 21.5 Å². The summed E-state index contributed by atoms with van der Waals surface area (Å²) in [6.07, 6.45) is -1.87. The first-order valence-corrected chi connectivity index (χ1v) is 9.12. The molecule has 30 heavy (non-hydrogen) atoms. The van der Waals surface area contributed by atoms with Gasteiger partial charge in [0.25, 0.3) is 0 Å². The predicted octanol–water partition coefficient (Wildman–Crippen LogP) is 5.93. The summed E-state index contributed by atoms with van der Waals surface area (Å²) in [4.78, 5) is 16.3. The fraction of sp³-hybridized carbons (Fsp3) is 0.0526. The van der Waals surface area contributed by atoms with E-state index in [4.69, 9.17) is 34.8 Å². The van der Waals surface area contributed by atoms with E-state index in [0.717, 1.165) is 12.1 Å². The summed E-state index contributed by atoms with van der Waals surface area (Å²) in [7, 11) is 0. The average molecular weight is 472 g/mol. The Bertz CT molecular complexity index is 1180. The molecular formula is C19H8Cl3F3N4O. The molecule has 0 aliphatic rings. The maximum atomic E-state index is 13.6. The van der Waals surface area contributed by atoms with Crippen LogP contribution < -0.4 is 0 Å². The molecule has 0 spiro atoms. The number of ketones is 1. The van der Waals surface area contributed by atoms with Crippen molar-refractivity contribution in [2.45, 2.75) is 6.18 Å². The Morgan fingerprint density at radius 1 is 1.10 bits per heavy atom. The number of carbonyl (C=O) groups is 1. The lowest BCUT2D eigenvalue weighted by Gasteiger charge is -2.14. The van der Waals surface area contributed by atoms with Gasteiger partial charge in [-0.1, -0.05) is 34.8 Å². The van der Waals surface area contributed by atoms with Crippen LogP contribution in [0.5, 0.6) is 0 Å². The smallest absolute Gasteiger partial charge is 0.289 e. The highest BCUT2D eigenvalue weighted by Crippen LogP contribution is 2.39. The monoisotopic (exact) mass is 470 g/mol. The van der Waals surface area contributed by atoms with Gasteiger partial charge in [-0.15, -0.1) is 0 Å². The summed E-state index contributed by atoms with van der Waals surface area (Å²) < 4.78 is 42.2. The van der Waals surface area contributed by atoms with Crippen molar-refractivity contribution in [3.63, 3.8) is 0 Å². The highest BCUT2D eigenvalue weighted by atomic mass is 35.5. The molecule has 0 atom stereocenters. The minimum atomic E-state index is -4.88. The SMILES string of the molecule is N#Cc1cc(C(=O)/C=C(/c2cc(Cl)c(Cl)c(Cl)c2)C(F)(F)F)ccc1-n1cncn1.